The third-order valence-corrected chi connectivity index (χ3v) is 6.55. The predicted molar refractivity (Wildman–Crippen MR) is 114 cm³/mol. The highest BCUT2D eigenvalue weighted by Crippen LogP contribution is 2.22. The second-order valence-electron chi connectivity index (χ2n) is 7.87. The molecular formula is C21H32N4O3S. The number of nitrogens with zero attached hydrogens (tertiary/aromatic N) is 3. The van der Waals surface area contributed by atoms with E-state index in [9.17, 15) is 14.4 Å². The number of hydrogen-bond donors (Lipinski definition) is 1. The van der Waals surface area contributed by atoms with Gasteiger partial charge in [0.1, 0.15) is 0 Å². The molecule has 1 unspecified atom stereocenters. The van der Waals surface area contributed by atoms with Crippen LogP contribution in [-0.2, 0) is 9.59 Å². The minimum absolute atomic E-state index is 0.0383. The lowest BCUT2D eigenvalue weighted by Gasteiger charge is -2.38. The van der Waals surface area contributed by atoms with Crippen LogP contribution >= 0.6 is 11.3 Å². The number of carbonyl (C=O) groups is 3. The van der Waals surface area contributed by atoms with E-state index >= 15 is 0 Å². The summed E-state index contributed by atoms with van der Waals surface area (Å²) in [6, 6.07) is 3.73. The molecular weight excluding hydrogens is 388 g/mol. The van der Waals surface area contributed by atoms with E-state index in [2.05, 4.69) is 17.1 Å². The minimum atomic E-state index is -0.114. The molecule has 0 bridgehead atoms. The molecule has 3 amide bonds. The van der Waals surface area contributed by atoms with Crippen molar-refractivity contribution in [3.8, 4) is 0 Å². The van der Waals surface area contributed by atoms with Crippen molar-refractivity contribution in [2.75, 3.05) is 52.4 Å². The molecule has 1 N–H and O–H groups in total. The molecule has 3 rings (SSSR count). The van der Waals surface area contributed by atoms with Crippen LogP contribution in [0.25, 0.3) is 0 Å². The lowest BCUT2D eigenvalue weighted by Crippen LogP contribution is -2.54. The van der Waals surface area contributed by atoms with E-state index in [1.54, 1.807) is 0 Å². The number of rotatable bonds is 7. The molecule has 0 aliphatic carbocycles. The maximum Gasteiger partial charge on any atom is 0.263 e. The van der Waals surface area contributed by atoms with Gasteiger partial charge in [0.05, 0.1) is 17.3 Å². The van der Waals surface area contributed by atoms with Crippen LogP contribution in [0, 0.1) is 5.92 Å². The molecule has 2 fully saturated rings. The summed E-state index contributed by atoms with van der Waals surface area (Å²) < 4.78 is 0. The number of thiophene rings is 1. The maximum atomic E-state index is 13.0. The van der Waals surface area contributed by atoms with Gasteiger partial charge < -0.3 is 15.1 Å². The highest BCUT2D eigenvalue weighted by Gasteiger charge is 2.33. The van der Waals surface area contributed by atoms with Crippen molar-refractivity contribution in [2.45, 2.75) is 32.6 Å². The summed E-state index contributed by atoms with van der Waals surface area (Å²) in [6.45, 7) is 7.21. The van der Waals surface area contributed by atoms with Crippen molar-refractivity contribution in [3.05, 3.63) is 22.4 Å². The Morgan fingerprint density at radius 1 is 1.14 bits per heavy atom. The number of hydrogen-bond acceptors (Lipinski definition) is 5. The number of piperidine rings is 1. The smallest absolute Gasteiger partial charge is 0.263 e. The van der Waals surface area contributed by atoms with Crippen molar-refractivity contribution in [1.82, 2.24) is 20.0 Å². The number of likely N-dealkylation sites (tertiary alicyclic amines) is 1. The van der Waals surface area contributed by atoms with Crippen LogP contribution in [0.15, 0.2) is 17.5 Å². The molecule has 7 nitrogen and oxygen atoms in total. The molecule has 3 heterocycles. The van der Waals surface area contributed by atoms with Crippen molar-refractivity contribution in [1.29, 1.82) is 0 Å². The number of amides is 3. The Hall–Kier alpha value is -1.93. The van der Waals surface area contributed by atoms with Gasteiger partial charge >= 0.3 is 0 Å². The molecule has 0 spiro atoms. The van der Waals surface area contributed by atoms with E-state index in [1.165, 1.54) is 11.3 Å². The summed E-state index contributed by atoms with van der Waals surface area (Å²) >= 11 is 1.45. The molecule has 29 heavy (non-hydrogen) atoms. The number of piperazine rings is 1. The quantitative estimate of drug-likeness (QED) is 0.681. The van der Waals surface area contributed by atoms with Gasteiger partial charge in [-0.05, 0) is 30.7 Å². The van der Waals surface area contributed by atoms with Crippen LogP contribution in [-0.4, -0.2) is 84.8 Å². The summed E-state index contributed by atoms with van der Waals surface area (Å²) in [5, 5.41) is 4.85. The molecule has 1 atom stereocenters. The molecule has 2 aliphatic rings. The van der Waals surface area contributed by atoms with Gasteiger partial charge in [-0.1, -0.05) is 19.4 Å². The maximum absolute atomic E-state index is 13.0. The van der Waals surface area contributed by atoms with E-state index in [0.29, 0.717) is 26.2 Å². The molecule has 8 heteroatoms. The molecule has 2 aliphatic heterocycles. The van der Waals surface area contributed by atoms with Crippen LogP contribution in [0.4, 0.5) is 0 Å². The molecule has 0 aromatic carbocycles. The van der Waals surface area contributed by atoms with Gasteiger partial charge in [0.25, 0.3) is 5.91 Å². The standard InChI is InChI=1S/C21H32N4O3S/c1-2-3-8-22-19(26)16-23-10-12-24(13-11-23)20(27)17-6-4-9-25(15-17)21(28)18-7-5-14-29-18/h5,7,14,17H,2-4,6,8-13,15-16H2,1H3,(H,22,26). The van der Waals surface area contributed by atoms with Gasteiger partial charge in [-0.15, -0.1) is 11.3 Å². The van der Waals surface area contributed by atoms with Crippen LogP contribution in [0.5, 0.6) is 0 Å². The zero-order chi connectivity index (χ0) is 20.6. The van der Waals surface area contributed by atoms with E-state index in [0.717, 1.165) is 56.7 Å². The predicted octanol–water partition coefficient (Wildman–Crippen LogP) is 1.66. The van der Waals surface area contributed by atoms with Gasteiger partial charge in [0.15, 0.2) is 0 Å². The lowest BCUT2D eigenvalue weighted by atomic mass is 9.96. The average Bonchev–Trinajstić information content (AvgIpc) is 3.28. The Bertz CT molecular complexity index is 686. The van der Waals surface area contributed by atoms with Crippen molar-refractivity contribution in [2.24, 2.45) is 5.92 Å². The second-order valence-corrected chi connectivity index (χ2v) is 8.82. The monoisotopic (exact) mass is 420 g/mol. The fourth-order valence-corrected chi connectivity index (χ4v) is 4.66. The highest BCUT2D eigenvalue weighted by atomic mass is 32.1. The van der Waals surface area contributed by atoms with Gasteiger partial charge in [0.2, 0.25) is 11.8 Å². The number of unbranched alkanes of at least 4 members (excludes halogenated alkanes) is 1. The normalized spacial score (nSPS) is 20.5. The summed E-state index contributed by atoms with van der Waals surface area (Å²) in [6.07, 6.45) is 3.78. The fraction of sp³-hybridized carbons (Fsp3) is 0.667. The molecule has 2 saturated heterocycles. The van der Waals surface area contributed by atoms with E-state index in [1.807, 2.05) is 27.3 Å². The van der Waals surface area contributed by atoms with Gasteiger partial charge in [0, 0.05) is 45.8 Å². The Kier molecular flexibility index (Phi) is 8.06. The molecule has 0 saturated carbocycles. The van der Waals surface area contributed by atoms with Gasteiger partial charge in [-0.2, -0.15) is 0 Å². The lowest BCUT2D eigenvalue weighted by molar-refractivity contribution is -0.138. The summed E-state index contributed by atoms with van der Waals surface area (Å²) in [7, 11) is 0. The average molecular weight is 421 g/mol. The van der Waals surface area contributed by atoms with E-state index in [-0.39, 0.29) is 23.6 Å². The van der Waals surface area contributed by atoms with Crippen LogP contribution < -0.4 is 5.32 Å². The van der Waals surface area contributed by atoms with E-state index < -0.39 is 0 Å². The third kappa shape index (κ3) is 6.02. The first-order chi connectivity index (χ1) is 14.1. The fourth-order valence-electron chi connectivity index (χ4n) is 3.97. The molecule has 1 aromatic heterocycles. The highest BCUT2D eigenvalue weighted by molar-refractivity contribution is 7.12. The molecule has 0 radical (unpaired) electrons. The summed E-state index contributed by atoms with van der Waals surface area (Å²) in [5.41, 5.74) is 0. The SMILES string of the molecule is CCCCNC(=O)CN1CCN(C(=O)C2CCCN(C(=O)c3cccs3)C2)CC1. The molecule has 1 aromatic rings. The Morgan fingerprint density at radius 3 is 2.62 bits per heavy atom. The Balaban J connectivity index is 1.44. The summed E-state index contributed by atoms with van der Waals surface area (Å²) in [4.78, 5) is 44.2. The number of carbonyl (C=O) groups excluding carboxylic acids is 3. The largest absolute Gasteiger partial charge is 0.355 e. The van der Waals surface area contributed by atoms with Gasteiger partial charge in [-0.25, -0.2) is 0 Å². The summed E-state index contributed by atoms with van der Waals surface area (Å²) in [5.74, 6) is 0.141. The van der Waals surface area contributed by atoms with Crippen molar-refractivity contribution >= 4 is 29.1 Å². The van der Waals surface area contributed by atoms with Crippen LogP contribution in [0.2, 0.25) is 0 Å². The van der Waals surface area contributed by atoms with Gasteiger partial charge in [-0.3, -0.25) is 19.3 Å². The zero-order valence-electron chi connectivity index (χ0n) is 17.3. The Labute approximate surface area is 177 Å². The first kappa shape index (κ1) is 21.8. The van der Waals surface area contributed by atoms with Crippen molar-refractivity contribution < 1.29 is 14.4 Å². The van der Waals surface area contributed by atoms with Crippen LogP contribution in [0.1, 0.15) is 42.3 Å². The third-order valence-electron chi connectivity index (χ3n) is 5.69. The first-order valence-corrected chi connectivity index (χ1v) is 11.6. The second kappa shape index (κ2) is 10.7. The topological polar surface area (TPSA) is 73.0 Å². The van der Waals surface area contributed by atoms with Crippen molar-refractivity contribution in [3.63, 3.8) is 0 Å². The zero-order valence-corrected chi connectivity index (χ0v) is 18.1. The first-order valence-electron chi connectivity index (χ1n) is 10.7. The minimum Gasteiger partial charge on any atom is -0.355 e. The van der Waals surface area contributed by atoms with E-state index in [4.69, 9.17) is 0 Å². The number of nitrogens with one attached hydrogen (secondary N) is 1. The van der Waals surface area contributed by atoms with Crippen LogP contribution in [0.3, 0.4) is 0 Å². The molecule has 160 valence electrons. The Morgan fingerprint density at radius 2 is 1.93 bits per heavy atom.